The fourth-order valence-electron chi connectivity index (χ4n) is 1.66. The van der Waals surface area contributed by atoms with Crippen molar-refractivity contribution < 1.29 is 4.74 Å². The zero-order chi connectivity index (χ0) is 12.3. The lowest BCUT2D eigenvalue weighted by molar-refractivity contribution is 0.0120. The molecule has 0 radical (unpaired) electrons. The Hall–Kier alpha value is -0.870. The molecule has 1 heterocycles. The molecule has 0 aromatic carbocycles. The summed E-state index contributed by atoms with van der Waals surface area (Å²) in [4.78, 5) is 4.40. The first-order valence-corrected chi connectivity index (χ1v) is 6.38. The summed E-state index contributed by atoms with van der Waals surface area (Å²) in [5, 5.41) is 3.47. The molecule has 1 aliphatic rings. The minimum absolute atomic E-state index is 0.0588. The number of hydrogen-bond acceptors (Lipinski definition) is 3. The molecule has 0 saturated heterocycles. The monoisotopic (exact) mass is 237 g/mol. The summed E-state index contributed by atoms with van der Waals surface area (Å²) in [6.45, 7) is 6.07. The molecule has 1 aromatic rings. The predicted molar refractivity (Wildman–Crippen MR) is 67.8 cm³/mol. The molecule has 0 spiro atoms. The standard InChI is InChI=1S/C13H23N3O/c1-13(2,17-3)6-7-16-9-12(15-10-16)8-14-11-4-5-11/h9-11,14H,4-8H2,1-3H3. The maximum Gasteiger partial charge on any atom is 0.0949 e. The highest BCUT2D eigenvalue weighted by molar-refractivity contribution is 4.98. The maximum atomic E-state index is 5.41. The van der Waals surface area contributed by atoms with Crippen molar-refractivity contribution in [3.05, 3.63) is 18.2 Å². The van der Waals surface area contributed by atoms with Gasteiger partial charge in [-0.1, -0.05) is 0 Å². The summed E-state index contributed by atoms with van der Waals surface area (Å²) in [5.41, 5.74) is 1.07. The number of nitrogens with zero attached hydrogens (tertiary/aromatic N) is 2. The average Bonchev–Trinajstić information content (AvgIpc) is 3.03. The lowest BCUT2D eigenvalue weighted by Gasteiger charge is -2.22. The maximum absolute atomic E-state index is 5.41. The minimum atomic E-state index is -0.0588. The molecule has 17 heavy (non-hydrogen) atoms. The third-order valence-electron chi connectivity index (χ3n) is 3.36. The Labute approximate surface area is 103 Å². The van der Waals surface area contributed by atoms with Crippen molar-refractivity contribution in [1.29, 1.82) is 0 Å². The van der Waals surface area contributed by atoms with Gasteiger partial charge in [0.25, 0.3) is 0 Å². The summed E-state index contributed by atoms with van der Waals surface area (Å²) in [5.74, 6) is 0. The Bertz CT molecular complexity index is 355. The van der Waals surface area contributed by atoms with Gasteiger partial charge < -0.3 is 14.6 Å². The number of imidazole rings is 1. The molecule has 1 aromatic heterocycles. The van der Waals surface area contributed by atoms with Crippen LogP contribution < -0.4 is 5.32 Å². The van der Waals surface area contributed by atoms with Crippen LogP contribution in [0.15, 0.2) is 12.5 Å². The molecule has 1 aliphatic carbocycles. The van der Waals surface area contributed by atoms with Crippen LogP contribution in [0.25, 0.3) is 0 Å². The van der Waals surface area contributed by atoms with Crippen molar-refractivity contribution in [3.8, 4) is 0 Å². The molecule has 4 nitrogen and oxygen atoms in total. The molecular weight excluding hydrogens is 214 g/mol. The summed E-state index contributed by atoms with van der Waals surface area (Å²) >= 11 is 0. The molecule has 0 amide bonds. The first-order valence-electron chi connectivity index (χ1n) is 6.38. The van der Waals surface area contributed by atoms with Gasteiger partial charge in [-0.3, -0.25) is 0 Å². The first kappa shape index (κ1) is 12.6. The third-order valence-corrected chi connectivity index (χ3v) is 3.36. The average molecular weight is 237 g/mol. The van der Waals surface area contributed by atoms with Gasteiger partial charge in [0.15, 0.2) is 0 Å². The molecule has 2 rings (SSSR count). The highest BCUT2D eigenvalue weighted by atomic mass is 16.5. The van der Waals surface area contributed by atoms with Crippen LogP contribution in [0.5, 0.6) is 0 Å². The third kappa shape index (κ3) is 4.13. The molecule has 0 atom stereocenters. The van der Waals surface area contributed by atoms with Crippen LogP contribution in [-0.2, 0) is 17.8 Å². The number of nitrogens with one attached hydrogen (secondary N) is 1. The number of methoxy groups -OCH3 is 1. The van der Waals surface area contributed by atoms with Gasteiger partial charge in [-0.2, -0.15) is 0 Å². The van der Waals surface area contributed by atoms with Gasteiger partial charge in [0.05, 0.1) is 17.6 Å². The van der Waals surface area contributed by atoms with Crippen molar-refractivity contribution in [1.82, 2.24) is 14.9 Å². The largest absolute Gasteiger partial charge is 0.379 e. The van der Waals surface area contributed by atoms with E-state index in [1.165, 1.54) is 12.8 Å². The van der Waals surface area contributed by atoms with Crippen LogP contribution in [0.3, 0.4) is 0 Å². The van der Waals surface area contributed by atoms with Crippen LogP contribution in [0, 0.1) is 0 Å². The Balaban J connectivity index is 1.76. The van der Waals surface area contributed by atoms with E-state index in [-0.39, 0.29) is 5.60 Å². The lowest BCUT2D eigenvalue weighted by Crippen LogP contribution is -2.24. The van der Waals surface area contributed by atoms with Crippen LogP contribution in [0.2, 0.25) is 0 Å². The Kier molecular flexibility index (Phi) is 3.84. The second-order valence-corrected chi connectivity index (χ2v) is 5.47. The molecule has 0 unspecified atom stereocenters. The number of hydrogen-bond donors (Lipinski definition) is 1. The molecular formula is C13H23N3O. The van der Waals surface area contributed by atoms with Crippen LogP contribution >= 0.6 is 0 Å². The zero-order valence-corrected chi connectivity index (χ0v) is 11.1. The van der Waals surface area contributed by atoms with E-state index in [1.54, 1.807) is 7.11 Å². The van der Waals surface area contributed by atoms with Gasteiger partial charge >= 0.3 is 0 Å². The van der Waals surface area contributed by atoms with Crippen molar-refractivity contribution in [3.63, 3.8) is 0 Å². The van der Waals surface area contributed by atoms with Crippen LogP contribution in [0.4, 0.5) is 0 Å². The molecule has 4 heteroatoms. The van der Waals surface area contributed by atoms with E-state index in [1.807, 2.05) is 6.33 Å². The topological polar surface area (TPSA) is 39.1 Å². The Morgan fingerprint density at radius 1 is 1.53 bits per heavy atom. The highest BCUT2D eigenvalue weighted by Gasteiger charge is 2.20. The Morgan fingerprint density at radius 2 is 2.29 bits per heavy atom. The normalized spacial score (nSPS) is 16.4. The van der Waals surface area contributed by atoms with Crippen LogP contribution in [0.1, 0.15) is 38.8 Å². The molecule has 0 bridgehead atoms. The summed E-state index contributed by atoms with van der Waals surface area (Å²) in [6.07, 6.45) is 7.68. The van der Waals surface area contributed by atoms with E-state index in [9.17, 15) is 0 Å². The van der Waals surface area contributed by atoms with Gasteiger partial charge in [0.2, 0.25) is 0 Å². The number of rotatable bonds is 7. The smallest absolute Gasteiger partial charge is 0.0949 e. The van der Waals surface area contributed by atoms with Crippen molar-refractivity contribution >= 4 is 0 Å². The van der Waals surface area contributed by atoms with Gasteiger partial charge in [-0.25, -0.2) is 4.98 Å². The number of aryl methyl sites for hydroxylation is 1. The van der Waals surface area contributed by atoms with E-state index >= 15 is 0 Å². The fraction of sp³-hybridized carbons (Fsp3) is 0.769. The van der Waals surface area contributed by atoms with E-state index in [4.69, 9.17) is 4.74 Å². The highest BCUT2D eigenvalue weighted by Crippen LogP contribution is 2.19. The van der Waals surface area contributed by atoms with Gasteiger partial charge in [-0.15, -0.1) is 0 Å². The van der Waals surface area contributed by atoms with Crippen molar-refractivity contribution in [2.24, 2.45) is 0 Å². The predicted octanol–water partition coefficient (Wildman–Crippen LogP) is 1.95. The van der Waals surface area contributed by atoms with Crippen molar-refractivity contribution in [2.75, 3.05) is 7.11 Å². The van der Waals surface area contributed by atoms with Gasteiger partial charge in [-0.05, 0) is 33.1 Å². The second-order valence-electron chi connectivity index (χ2n) is 5.47. The fourth-order valence-corrected chi connectivity index (χ4v) is 1.66. The molecule has 1 N–H and O–H groups in total. The first-order chi connectivity index (χ1) is 8.09. The summed E-state index contributed by atoms with van der Waals surface area (Å²) in [7, 11) is 1.76. The van der Waals surface area contributed by atoms with E-state index in [0.717, 1.165) is 31.2 Å². The molecule has 1 fully saturated rings. The summed E-state index contributed by atoms with van der Waals surface area (Å²) < 4.78 is 7.55. The van der Waals surface area contributed by atoms with E-state index < -0.39 is 0 Å². The van der Waals surface area contributed by atoms with Gasteiger partial charge in [0, 0.05) is 32.4 Å². The SMILES string of the molecule is COC(C)(C)CCn1cnc(CNC2CC2)c1. The quantitative estimate of drug-likeness (QED) is 0.788. The Morgan fingerprint density at radius 3 is 2.94 bits per heavy atom. The number of ether oxygens (including phenoxy) is 1. The second kappa shape index (κ2) is 5.19. The lowest BCUT2D eigenvalue weighted by atomic mass is 10.1. The number of aromatic nitrogens is 2. The van der Waals surface area contributed by atoms with E-state index in [0.29, 0.717) is 0 Å². The molecule has 96 valence electrons. The zero-order valence-electron chi connectivity index (χ0n) is 11.1. The van der Waals surface area contributed by atoms with Crippen molar-refractivity contribution in [2.45, 2.75) is 57.8 Å². The van der Waals surface area contributed by atoms with Gasteiger partial charge in [0.1, 0.15) is 0 Å². The minimum Gasteiger partial charge on any atom is -0.379 e. The summed E-state index contributed by atoms with van der Waals surface area (Å²) in [6, 6.07) is 0.743. The van der Waals surface area contributed by atoms with Crippen LogP contribution in [-0.4, -0.2) is 28.3 Å². The molecule has 1 saturated carbocycles. The molecule has 0 aliphatic heterocycles. The van der Waals surface area contributed by atoms with E-state index in [2.05, 4.69) is 34.9 Å².